The molecule has 2 amide bonds. The number of thioether (sulfide) groups is 1. The van der Waals surface area contributed by atoms with Crippen molar-refractivity contribution in [3.8, 4) is 0 Å². The van der Waals surface area contributed by atoms with Gasteiger partial charge in [-0.05, 0) is 50.2 Å². The summed E-state index contributed by atoms with van der Waals surface area (Å²) in [7, 11) is 1.82. The van der Waals surface area contributed by atoms with Gasteiger partial charge >= 0.3 is 12.0 Å². The van der Waals surface area contributed by atoms with Gasteiger partial charge < -0.3 is 15.1 Å². The van der Waals surface area contributed by atoms with Gasteiger partial charge in [0, 0.05) is 13.5 Å². The number of carbonyl (C=O) groups excluding carboxylic acids is 1. The second-order valence-corrected chi connectivity index (χ2v) is 9.34. The molecule has 3 fully saturated rings. The fourth-order valence-corrected chi connectivity index (χ4v) is 6.31. The molecule has 0 aromatic carbocycles. The minimum absolute atomic E-state index is 0.0142. The van der Waals surface area contributed by atoms with Crippen LogP contribution in [0.3, 0.4) is 0 Å². The van der Waals surface area contributed by atoms with Gasteiger partial charge in [0.2, 0.25) is 0 Å². The summed E-state index contributed by atoms with van der Waals surface area (Å²) in [5.74, 6) is 0.175. The van der Waals surface area contributed by atoms with Crippen LogP contribution in [0.5, 0.6) is 0 Å². The number of likely N-dealkylation sites (N-methyl/N-ethyl adjacent to an activating group) is 1. The number of aliphatic carboxylic acids is 1. The Labute approximate surface area is 165 Å². The lowest BCUT2D eigenvalue weighted by molar-refractivity contribution is -0.137. The van der Waals surface area contributed by atoms with E-state index >= 15 is 0 Å². The van der Waals surface area contributed by atoms with Gasteiger partial charge in [0.25, 0.3) is 0 Å². The number of carboxylic acid groups (broad SMARTS) is 1. The highest BCUT2D eigenvalue weighted by molar-refractivity contribution is 8.00. The van der Waals surface area contributed by atoms with Crippen molar-refractivity contribution in [3.05, 3.63) is 0 Å². The number of aliphatic hydroxyl groups is 1. The van der Waals surface area contributed by atoms with Crippen LogP contribution in [-0.2, 0) is 4.79 Å². The fraction of sp³-hybridized carbons (Fsp3) is 0.842. The molecule has 27 heavy (non-hydrogen) atoms. The van der Waals surface area contributed by atoms with Crippen LogP contribution in [0.15, 0.2) is 5.10 Å². The molecule has 2 saturated carbocycles. The number of rotatable bonds is 8. The molecular formula is C19H31N3O4S. The highest BCUT2D eigenvalue weighted by Gasteiger charge is 2.58. The molecule has 2 aliphatic carbocycles. The number of hydrogen-bond acceptors (Lipinski definition) is 5. The summed E-state index contributed by atoms with van der Waals surface area (Å²) >= 11 is 1.69. The molecule has 1 aliphatic heterocycles. The molecule has 3 atom stereocenters. The first-order chi connectivity index (χ1) is 13.0. The number of nitrogens with zero attached hydrogens (tertiary/aromatic N) is 3. The van der Waals surface area contributed by atoms with E-state index < -0.39 is 12.1 Å². The van der Waals surface area contributed by atoms with Gasteiger partial charge in [-0.3, -0.25) is 4.79 Å². The van der Waals surface area contributed by atoms with Crippen molar-refractivity contribution in [1.29, 1.82) is 0 Å². The smallest absolute Gasteiger partial charge is 0.341 e. The van der Waals surface area contributed by atoms with E-state index in [-0.39, 0.29) is 29.3 Å². The quantitative estimate of drug-likeness (QED) is 0.485. The summed E-state index contributed by atoms with van der Waals surface area (Å²) in [5, 5.41) is 25.3. The third-order valence-corrected chi connectivity index (χ3v) is 7.99. The summed E-state index contributed by atoms with van der Waals surface area (Å²) < 4.78 is 0. The molecule has 3 aliphatic rings. The molecule has 1 heterocycles. The van der Waals surface area contributed by atoms with Crippen LogP contribution in [-0.4, -0.2) is 68.2 Å². The van der Waals surface area contributed by atoms with E-state index in [0.29, 0.717) is 12.2 Å². The van der Waals surface area contributed by atoms with E-state index in [0.717, 1.165) is 44.9 Å². The van der Waals surface area contributed by atoms with Crippen molar-refractivity contribution >= 4 is 30.0 Å². The molecule has 152 valence electrons. The maximum absolute atomic E-state index is 12.8. The molecule has 0 unspecified atom stereocenters. The van der Waals surface area contributed by atoms with Crippen LogP contribution >= 0.6 is 11.8 Å². The number of amides is 2. The van der Waals surface area contributed by atoms with Gasteiger partial charge in [-0.1, -0.05) is 19.3 Å². The number of carbonyl (C=O) groups is 2. The van der Waals surface area contributed by atoms with Crippen molar-refractivity contribution in [2.24, 2.45) is 11.0 Å². The van der Waals surface area contributed by atoms with E-state index in [1.165, 1.54) is 6.42 Å². The molecule has 0 radical (unpaired) electrons. The number of aliphatic hydroxyl groups excluding tert-OH is 1. The van der Waals surface area contributed by atoms with Crippen molar-refractivity contribution in [2.75, 3.05) is 12.8 Å². The summed E-state index contributed by atoms with van der Waals surface area (Å²) in [6.07, 6.45) is 10.1. The first kappa shape index (κ1) is 20.5. The standard InChI is InChI=1S/C19H31N3O4S/c1-21-18(26)22(20-13-15(23)14-7-3-2-4-8-14)16-9-5-11-19(16,21)27-12-6-10-17(24)25/h13-16,23H,2-12H2,1H3,(H,24,25)/b20-13+/t15-,16+,19+/m1/s1. The second kappa shape index (κ2) is 8.82. The van der Waals surface area contributed by atoms with E-state index in [9.17, 15) is 14.7 Å². The van der Waals surface area contributed by atoms with E-state index in [2.05, 4.69) is 5.10 Å². The Kier molecular flexibility index (Phi) is 6.68. The van der Waals surface area contributed by atoms with Gasteiger partial charge in [0.1, 0.15) is 4.87 Å². The lowest BCUT2D eigenvalue weighted by Crippen LogP contribution is -2.43. The molecule has 0 aromatic heterocycles. The highest BCUT2D eigenvalue weighted by atomic mass is 32.2. The minimum atomic E-state index is -0.783. The van der Waals surface area contributed by atoms with Crippen molar-refractivity contribution < 1.29 is 19.8 Å². The Bertz CT molecular complexity index is 581. The van der Waals surface area contributed by atoms with Crippen LogP contribution in [0.1, 0.15) is 64.2 Å². The monoisotopic (exact) mass is 397 g/mol. The SMILES string of the molecule is CN1C(=O)N(/N=C/[C@@H](O)C2CCCCC2)[C@H]2CCC[C@]21SCCCC(=O)O. The van der Waals surface area contributed by atoms with Crippen LogP contribution in [0.25, 0.3) is 0 Å². The van der Waals surface area contributed by atoms with Crippen LogP contribution in [0.4, 0.5) is 4.79 Å². The molecule has 1 saturated heterocycles. The maximum atomic E-state index is 12.8. The van der Waals surface area contributed by atoms with Gasteiger partial charge in [0.05, 0.1) is 18.4 Å². The third-order valence-electron chi connectivity index (χ3n) is 6.24. The van der Waals surface area contributed by atoms with Crippen molar-refractivity contribution in [3.63, 3.8) is 0 Å². The summed E-state index contributed by atoms with van der Waals surface area (Å²) in [6, 6.07) is -0.142. The lowest BCUT2D eigenvalue weighted by atomic mass is 9.86. The third kappa shape index (κ3) is 4.26. The van der Waals surface area contributed by atoms with Crippen LogP contribution in [0, 0.1) is 5.92 Å². The van der Waals surface area contributed by atoms with Gasteiger partial charge in [0.15, 0.2) is 0 Å². The molecule has 0 aromatic rings. The molecular weight excluding hydrogens is 366 g/mol. The minimum Gasteiger partial charge on any atom is -0.481 e. The molecule has 0 bridgehead atoms. The van der Waals surface area contributed by atoms with Gasteiger partial charge in [-0.25, -0.2) is 9.80 Å². The Morgan fingerprint density at radius 2 is 2.07 bits per heavy atom. The number of carboxylic acids is 1. The highest BCUT2D eigenvalue weighted by Crippen LogP contribution is 2.51. The fourth-order valence-electron chi connectivity index (χ4n) is 4.70. The van der Waals surface area contributed by atoms with E-state index in [1.807, 2.05) is 7.05 Å². The zero-order chi connectivity index (χ0) is 19.4. The topological polar surface area (TPSA) is 93.4 Å². The number of hydrogen-bond donors (Lipinski definition) is 2. The Morgan fingerprint density at radius 1 is 1.33 bits per heavy atom. The Morgan fingerprint density at radius 3 is 2.78 bits per heavy atom. The zero-order valence-electron chi connectivity index (χ0n) is 16.0. The largest absolute Gasteiger partial charge is 0.481 e. The van der Waals surface area contributed by atoms with Gasteiger partial charge in [-0.2, -0.15) is 5.10 Å². The predicted octanol–water partition coefficient (Wildman–Crippen LogP) is 3.13. The summed E-state index contributed by atoms with van der Waals surface area (Å²) in [6.45, 7) is 0. The molecule has 7 nitrogen and oxygen atoms in total. The summed E-state index contributed by atoms with van der Waals surface area (Å²) in [5.41, 5.74) is 0. The number of urea groups is 1. The second-order valence-electron chi connectivity index (χ2n) is 7.94. The molecule has 0 spiro atoms. The van der Waals surface area contributed by atoms with Gasteiger partial charge in [-0.15, -0.1) is 11.8 Å². The zero-order valence-corrected chi connectivity index (χ0v) is 16.9. The number of fused-ring (bicyclic) bond motifs is 1. The normalized spacial score (nSPS) is 30.3. The Balaban J connectivity index is 1.65. The Hall–Kier alpha value is -1.28. The average Bonchev–Trinajstić information content (AvgIpc) is 3.16. The first-order valence-electron chi connectivity index (χ1n) is 10.1. The number of hydrazone groups is 1. The molecule has 3 rings (SSSR count). The maximum Gasteiger partial charge on any atom is 0.341 e. The van der Waals surface area contributed by atoms with E-state index in [1.54, 1.807) is 27.9 Å². The average molecular weight is 398 g/mol. The van der Waals surface area contributed by atoms with E-state index in [4.69, 9.17) is 5.11 Å². The lowest BCUT2D eigenvalue weighted by Gasteiger charge is -2.33. The van der Waals surface area contributed by atoms with Crippen molar-refractivity contribution in [2.45, 2.75) is 81.2 Å². The van der Waals surface area contributed by atoms with Crippen LogP contribution < -0.4 is 0 Å². The van der Waals surface area contributed by atoms with Crippen molar-refractivity contribution in [1.82, 2.24) is 9.91 Å². The molecule has 2 N–H and O–H groups in total. The molecule has 8 heteroatoms. The summed E-state index contributed by atoms with van der Waals surface area (Å²) in [4.78, 5) is 25.0. The predicted molar refractivity (Wildman–Crippen MR) is 106 cm³/mol. The van der Waals surface area contributed by atoms with Crippen LogP contribution in [0.2, 0.25) is 0 Å². The first-order valence-corrected chi connectivity index (χ1v) is 11.1.